The van der Waals surface area contributed by atoms with Gasteiger partial charge in [0.2, 0.25) is 0 Å². The van der Waals surface area contributed by atoms with Crippen molar-refractivity contribution in [3.63, 3.8) is 0 Å². The van der Waals surface area contributed by atoms with E-state index in [1.54, 1.807) is 12.1 Å². The molecular formula is C9H10F2O. The molecule has 0 fully saturated rings. The third-order valence-corrected chi connectivity index (χ3v) is 1.58. The molecule has 3 heteroatoms. The van der Waals surface area contributed by atoms with E-state index in [-0.39, 0.29) is 5.56 Å². The normalized spacial score (nSPS) is 11.3. The number of rotatable bonds is 2. The Bertz CT molecular complexity index is 265. The van der Waals surface area contributed by atoms with Crippen molar-refractivity contribution in [2.45, 2.75) is 12.8 Å². The van der Waals surface area contributed by atoms with Gasteiger partial charge in [-0.25, -0.2) is 8.78 Å². The quantitative estimate of drug-likeness (QED) is 0.666. The highest BCUT2D eigenvalue weighted by atomic mass is 19.3. The van der Waals surface area contributed by atoms with Crippen LogP contribution in [0.15, 0.2) is 24.3 Å². The maximum Gasteiger partial charge on any atom is 0.270 e. The average molecular weight is 172 g/mol. The first kappa shape index (κ1) is 8.97. The summed E-state index contributed by atoms with van der Waals surface area (Å²) in [6, 6.07) is 5.89. The third kappa shape index (κ3) is 1.94. The number of hydrogen-bond donors (Lipinski definition) is 0. The van der Waals surface area contributed by atoms with Gasteiger partial charge in [-0.2, -0.15) is 0 Å². The fourth-order valence-electron chi connectivity index (χ4n) is 0.896. The van der Waals surface area contributed by atoms with Gasteiger partial charge >= 0.3 is 0 Å². The van der Waals surface area contributed by atoms with Gasteiger partial charge in [0, 0.05) is 12.5 Å². The molecule has 0 bridgehead atoms. The molecule has 66 valence electrons. The van der Waals surface area contributed by atoms with Gasteiger partial charge in [0.25, 0.3) is 5.92 Å². The monoisotopic (exact) mass is 172 g/mol. The van der Waals surface area contributed by atoms with Crippen molar-refractivity contribution >= 4 is 0 Å². The SMILES string of the molecule is COc1cccc(C(C)(F)F)c1. The fourth-order valence-corrected chi connectivity index (χ4v) is 0.896. The lowest BCUT2D eigenvalue weighted by Crippen LogP contribution is -2.06. The van der Waals surface area contributed by atoms with Crippen molar-refractivity contribution in [2.75, 3.05) is 7.11 Å². The van der Waals surface area contributed by atoms with Crippen LogP contribution in [0.1, 0.15) is 12.5 Å². The van der Waals surface area contributed by atoms with Gasteiger partial charge in [0.05, 0.1) is 7.11 Å². The molecule has 0 aliphatic rings. The number of alkyl halides is 2. The summed E-state index contributed by atoms with van der Waals surface area (Å²) in [6.45, 7) is 0.863. The van der Waals surface area contributed by atoms with Gasteiger partial charge in [-0.05, 0) is 12.1 Å². The minimum Gasteiger partial charge on any atom is -0.497 e. The van der Waals surface area contributed by atoms with Crippen LogP contribution < -0.4 is 4.74 Å². The van der Waals surface area contributed by atoms with E-state index in [1.165, 1.54) is 19.2 Å². The van der Waals surface area contributed by atoms with Crippen molar-refractivity contribution in [3.05, 3.63) is 29.8 Å². The molecule has 0 aliphatic heterocycles. The zero-order valence-corrected chi connectivity index (χ0v) is 6.97. The molecule has 0 aromatic heterocycles. The van der Waals surface area contributed by atoms with Gasteiger partial charge in [0.1, 0.15) is 5.75 Å². The van der Waals surface area contributed by atoms with Crippen molar-refractivity contribution < 1.29 is 13.5 Å². The summed E-state index contributed by atoms with van der Waals surface area (Å²) in [6.07, 6.45) is 0. The zero-order chi connectivity index (χ0) is 9.19. The molecule has 0 spiro atoms. The van der Waals surface area contributed by atoms with Crippen molar-refractivity contribution in [2.24, 2.45) is 0 Å². The Balaban J connectivity index is 3.02. The van der Waals surface area contributed by atoms with Gasteiger partial charge in [-0.1, -0.05) is 12.1 Å². The maximum atomic E-state index is 12.7. The molecule has 1 aromatic carbocycles. The average Bonchev–Trinajstić information content (AvgIpc) is 2.03. The van der Waals surface area contributed by atoms with Crippen LogP contribution >= 0.6 is 0 Å². The molecule has 1 rings (SSSR count). The Labute approximate surface area is 70.0 Å². The van der Waals surface area contributed by atoms with E-state index in [1.807, 2.05) is 0 Å². The molecule has 0 saturated carbocycles. The van der Waals surface area contributed by atoms with Crippen molar-refractivity contribution in [3.8, 4) is 5.75 Å². The van der Waals surface area contributed by atoms with Gasteiger partial charge < -0.3 is 4.74 Å². The van der Waals surface area contributed by atoms with Crippen LogP contribution in [0.3, 0.4) is 0 Å². The molecule has 0 radical (unpaired) electrons. The maximum absolute atomic E-state index is 12.7. The first-order chi connectivity index (χ1) is 5.54. The Morgan fingerprint density at radius 3 is 2.50 bits per heavy atom. The molecule has 0 amide bonds. The molecule has 0 atom stereocenters. The summed E-state index contributed by atoms with van der Waals surface area (Å²) in [4.78, 5) is 0. The number of benzene rings is 1. The number of halogens is 2. The molecule has 1 aromatic rings. The van der Waals surface area contributed by atoms with Crippen LogP contribution in [0.25, 0.3) is 0 Å². The summed E-state index contributed by atoms with van der Waals surface area (Å²) in [5.74, 6) is -2.34. The molecule has 0 aliphatic carbocycles. The Morgan fingerprint density at radius 1 is 1.33 bits per heavy atom. The number of ether oxygens (including phenoxy) is 1. The van der Waals surface area contributed by atoms with Crippen LogP contribution in [-0.2, 0) is 5.92 Å². The van der Waals surface area contributed by atoms with Gasteiger partial charge in [-0.3, -0.25) is 0 Å². The molecule has 1 nitrogen and oxygen atoms in total. The smallest absolute Gasteiger partial charge is 0.270 e. The van der Waals surface area contributed by atoms with E-state index in [4.69, 9.17) is 4.74 Å². The second-order valence-corrected chi connectivity index (χ2v) is 2.62. The van der Waals surface area contributed by atoms with Gasteiger partial charge in [0.15, 0.2) is 0 Å². The lowest BCUT2D eigenvalue weighted by Gasteiger charge is -2.10. The summed E-state index contributed by atoms with van der Waals surface area (Å²) in [5, 5.41) is 0. The van der Waals surface area contributed by atoms with Gasteiger partial charge in [-0.15, -0.1) is 0 Å². The lowest BCUT2D eigenvalue weighted by molar-refractivity contribution is 0.0172. The molecular weight excluding hydrogens is 162 g/mol. The lowest BCUT2D eigenvalue weighted by atomic mass is 10.1. The van der Waals surface area contributed by atoms with E-state index < -0.39 is 5.92 Å². The Kier molecular flexibility index (Phi) is 2.31. The number of methoxy groups -OCH3 is 1. The largest absolute Gasteiger partial charge is 0.497 e. The molecule has 0 unspecified atom stereocenters. The topological polar surface area (TPSA) is 9.23 Å². The fraction of sp³-hybridized carbons (Fsp3) is 0.333. The van der Waals surface area contributed by atoms with Crippen LogP contribution in [0.4, 0.5) is 8.78 Å². The Morgan fingerprint density at radius 2 is 2.00 bits per heavy atom. The highest BCUT2D eigenvalue weighted by Gasteiger charge is 2.24. The van der Waals surface area contributed by atoms with Crippen LogP contribution in [0, 0.1) is 0 Å². The minimum absolute atomic E-state index is 0.0261. The first-order valence-electron chi connectivity index (χ1n) is 3.56. The predicted molar refractivity (Wildman–Crippen MR) is 42.6 cm³/mol. The van der Waals surface area contributed by atoms with E-state index in [9.17, 15) is 8.78 Å². The second-order valence-electron chi connectivity index (χ2n) is 2.62. The summed E-state index contributed by atoms with van der Waals surface area (Å²) < 4.78 is 30.2. The predicted octanol–water partition coefficient (Wildman–Crippen LogP) is 2.81. The zero-order valence-electron chi connectivity index (χ0n) is 6.97. The van der Waals surface area contributed by atoms with E-state index >= 15 is 0 Å². The molecule has 0 saturated heterocycles. The second kappa shape index (κ2) is 3.09. The highest BCUT2D eigenvalue weighted by Crippen LogP contribution is 2.28. The summed E-state index contributed by atoms with van der Waals surface area (Å²) >= 11 is 0. The van der Waals surface area contributed by atoms with Crippen LogP contribution in [0.5, 0.6) is 5.75 Å². The third-order valence-electron chi connectivity index (χ3n) is 1.58. The Hall–Kier alpha value is -1.12. The van der Waals surface area contributed by atoms with Crippen molar-refractivity contribution in [1.82, 2.24) is 0 Å². The minimum atomic E-state index is -2.80. The van der Waals surface area contributed by atoms with Crippen LogP contribution in [-0.4, -0.2) is 7.11 Å². The van der Waals surface area contributed by atoms with E-state index in [2.05, 4.69) is 0 Å². The highest BCUT2D eigenvalue weighted by molar-refractivity contribution is 5.30. The first-order valence-corrected chi connectivity index (χ1v) is 3.56. The molecule has 12 heavy (non-hydrogen) atoms. The summed E-state index contributed by atoms with van der Waals surface area (Å²) in [5.41, 5.74) is -0.0261. The standard InChI is InChI=1S/C9H10F2O/c1-9(10,11)7-4-3-5-8(6-7)12-2/h3-6H,1-2H3. The molecule has 0 N–H and O–H groups in total. The van der Waals surface area contributed by atoms with E-state index in [0.717, 1.165) is 6.92 Å². The molecule has 0 heterocycles. The number of hydrogen-bond acceptors (Lipinski definition) is 1. The van der Waals surface area contributed by atoms with Crippen LogP contribution in [0.2, 0.25) is 0 Å². The van der Waals surface area contributed by atoms with E-state index in [0.29, 0.717) is 5.75 Å². The summed E-state index contributed by atoms with van der Waals surface area (Å²) in [7, 11) is 1.45. The van der Waals surface area contributed by atoms with Crippen molar-refractivity contribution in [1.29, 1.82) is 0 Å².